The van der Waals surface area contributed by atoms with Crippen LogP contribution in [0.1, 0.15) is 32.8 Å². The largest absolute Gasteiger partial charge is 0.339 e. The van der Waals surface area contributed by atoms with Gasteiger partial charge in [0.05, 0.1) is 5.41 Å². The van der Waals surface area contributed by atoms with E-state index in [1.165, 1.54) is 12.1 Å². The summed E-state index contributed by atoms with van der Waals surface area (Å²) in [7, 11) is 0. The first-order valence-corrected chi connectivity index (χ1v) is 7.13. The lowest BCUT2D eigenvalue weighted by Crippen LogP contribution is -2.45. The number of hydrogen-bond acceptors (Lipinski definition) is 2. The van der Waals surface area contributed by atoms with Crippen molar-refractivity contribution in [1.82, 2.24) is 4.90 Å². The standard InChI is InChI=1S/C16H23FN2O.ClH/c1-11-8-12(9-18)10-19(11)15(20)16(2,3)13-4-6-14(17)7-5-13;/h4-7,11-12H,8-10,18H2,1-3H3;1H. The van der Waals surface area contributed by atoms with Gasteiger partial charge in [-0.3, -0.25) is 4.79 Å². The molecule has 21 heavy (non-hydrogen) atoms. The summed E-state index contributed by atoms with van der Waals surface area (Å²) in [5, 5.41) is 0. The molecule has 2 rings (SSSR count). The molecule has 1 amide bonds. The van der Waals surface area contributed by atoms with Gasteiger partial charge in [-0.15, -0.1) is 12.4 Å². The highest BCUT2D eigenvalue weighted by atomic mass is 35.5. The molecule has 118 valence electrons. The minimum absolute atomic E-state index is 0. The molecule has 2 unspecified atom stereocenters. The molecule has 1 aliphatic heterocycles. The normalized spacial score (nSPS) is 22.0. The van der Waals surface area contributed by atoms with Crippen molar-refractivity contribution in [2.24, 2.45) is 11.7 Å². The predicted molar refractivity (Wildman–Crippen MR) is 85.0 cm³/mol. The second-order valence-electron chi connectivity index (χ2n) is 6.28. The summed E-state index contributed by atoms with van der Waals surface area (Å²) in [6.45, 7) is 7.19. The molecule has 1 heterocycles. The summed E-state index contributed by atoms with van der Waals surface area (Å²) in [6.07, 6.45) is 0.960. The van der Waals surface area contributed by atoms with Crippen molar-refractivity contribution in [3.8, 4) is 0 Å². The Hall–Kier alpha value is -1.13. The lowest BCUT2D eigenvalue weighted by molar-refractivity contribution is -0.136. The number of hydrogen-bond donors (Lipinski definition) is 1. The number of benzene rings is 1. The van der Waals surface area contributed by atoms with Gasteiger partial charge in [0.2, 0.25) is 5.91 Å². The number of nitrogens with two attached hydrogens (primary N) is 1. The molecule has 0 aromatic heterocycles. The second kappa shape index (κ2) is 6.75. The molecule has 1 fully saturated rings. The van der Waals surface area contributed by atoms with Gasteiger partial charge in [0, 0.05) is 12.6 Å². The van der Waals surface area contributed by atoms with Gasteiger partial charge in [-0.25, -0.2) is 4.39 Å². The van der Waals surface area contributed by atoms with Crippen molar-refractivity contribution in [2.45, 2.75) is 38.6 Å². The fraction of sp³-hybridized carbons (Fsp3) is 0.562. The van der Waals surface area contributed by atoms with Crippen LogP contribution >= 0.6 is 12.4 Å². The van der Waals surface area contributed by atoms with Crippen molar-refractivity contribution < 1.29 is 9.18 Å². The van der Waals surface area contributed by atoms with Crippen molar-refractivity contribution in [1.29, 1.82) is 0 Å². The number of likely N-dealkylation sites (tertiary alicyclic amines) is 1. The van der Waals surface area contributed by atoms with E-state index in [-0.39, 0.29) is 30.2 Å². The first kappa shape index (κ1) is 17.9. The van der Waals surface area contributed by atoms with E-state index in [2.05, 4.69) is 6.92 Å². The molecule has 1 saturated heterocycles. The van der Waals surface area contributed by atoms with Gasteiger partial charge in [0.1, 0.15) is 5.82 Å². The number of carbonyl (C=O) groups excluding carboxylic acids is 1. The molecule has 1 aromatic carbocycles. The predicted octanol–water partition coefficient (Wildman–Crippen LogP) is 2.72. The van der Waals surface area contributed by atoms with Gasteiger partial charge in [-0.2, -0.15) is 0 Å². The average molecular weight is 315 g/mol. The molecule has 2 atom stereocenters. The van der Waals surface area contributed by atoms with Gasteiger partial charge in [0.15, 0.2) is 0 Å². The number of amides is 1. The van der Waals surface area contributed by atoms with Gasteiger partial charge in [0.25, 0.3) is 0 Å². The topological polar surface area (TPSA) is 46.3 Å². The summed E-state index contributed by atoms with van der Waals surface area (Å²) in [5.41, 5.74) is 5.91. The summed E-state index contributed by atoms with van der Waals surface area (Å²) in [5.74, 6) is 0.195. The molecule has 0 radical (unpaired) electrons. The molecule has 0 saturated carbocycles. The van der Waals surface area contributed by atoms with Crippen molar-refractivity contribution in [3.05, 3.63) is 35.6 Å². The minimum atomic E-state index is -0.647. The third-order valence-corrected chi connectivity index (χ3v) is 4.36. The molecule has 3 nitrogen and oxygen atoms in total. The van der Waals surface area contributed by atoms with Crippen LogP contribution in [0.4, 0.5) is 4.39 Å². The summed E-state index contributed by atoms with van der Waals surface area (Å²) in [6, 6.07) is 6.40. The number of nitrogens with zero attached hydrogens (tertiary/aromatic N) is 1. The number of halogens is 2. The monoisotopic (exact) mass is 314 g/mol. The van der Waals surface area contributed by atoms with E-state index in [0.29, 0.717) is 12.5 Å². The zero-order chi connectivity index (χ0) is 14.9. The fourth-order valence-corrected chi connectivity index (χ4v) is 2.95. The zero-order valence-corrected chi connectivity index (χ0v) is 13.6. The van der Waals surface area contributed by atoms with Gasteiger partial charge >= 0.3 is 0 Å². The van der Waals surface area contributed by atoms with E-state index >= 15 is 0 Å². The lowest BCUT2D eigenvalue weighted by Gasteiger charge is -2.32. The summed E-state index contributed by atoms with van der Waals surface area (Å²) < 4.78 is 13.0. The lowest BCUT2D eigenvalue weighted by atomic mass is 9.83. The number of rotatable bonds is 3. The van der Waals surface area contributed by atoms with E-state index in [9.17, 15) is 9.18 Å². The molecule has 2 N–H and O–H groups in total. The van der Waals surface area contributed by atoms with E-state index in [1.807, 2.05) is 18.7 Å². The molecule has 0 spiro atoms. The van der Waals surface area contributed by atoms with E-state index in [0.717, 1.165) is 18.5 Å². The van der Waals surface area contributed by atoms with Crippen LogP contribution in [-0.2, 0) is 10.2 Å². The average Bonchev–Trinajstić information content (AvgIpc) is 2.79. The van der Waals surface area contributed by atoms with Gasteiger partial charge in [-0.05, 0) is 57.4 Å². The minimum Gasteiger partial charge on any atom is -0.339 e. The van der Waals surface area contributed by atoms with Gasteiger partial charge < -0.3 is 10.6 Å². The molecule has 0 bridgehead atoms. The van der Waals surface area contributed by atoms with Crippen LogP contribution in [-0.4, -0.2) is 29.9 Å². The second-order valence-corrected chi connectivity index (χ2v) is 6.28. The molecule has 1 aromatic rings. The van der Waals surface area contributed by atoms with E-state index in [1.54, 1.807) is 12.1 Å². The van der Waals surface area contributed by atoms with E-state index < -0.39 is 5.41 Å². The van der Waals surface area contributed by atoms with Crippen molar-refractivity contribution >= 4 is 18.3 Å². The highest BCUT2D eigenvalue weighted by molar-refractivity contribution is 5.87. The zero-order valence-electron chi connectivity index (χ0n) is 12.8. The summed E-state index contributed by atoms with van der Waals surface area (Å²) >= 11 is 0. The maximum Gasteiger partial charge on any atom is 0.232 e. The molecule has 5 heteroatoms. The van der Waals surface area contributed by atoms with Crippen LogP contribution in [0, 0.1) is 11.7 Å². The van der Waals surface area contributed by atoms with Crippen LogP contribution in [0.2, 0.25) is 0 Å². The Balaban J connectivity index is 0.00000220. The number of carbonyl (C=O) groups is 1. The quantitative estimate of drug-likeness (QED) is 0.932. The smallest absolute Gasteiger partial charge is 0.232 e. The maximum absolute atomic E-state index is 13.0. The molecular weight excluding hydrogens is 291 g/mol. The SMILES string of the molecule is CC1CC(CN)CN1C(=O)C(C)(C)c1ccc(F)cc1.Cl. The van der Waals surface area contributed by atoms with Crippen LogP contribution in [0.5, 0.6) is 0 Å². The summed E-state index contributed by atoms with van der Waals surface area (Å²) in [4.78, 5) is 14.7. The van der Waals surface area contributed by atoms with E-state index in [4.69, 9.17) is 5.73 Å². The maximum atomic E-state index is 13.0. The molecular formula is C16H24ClFN2O. The Kier molecular flexibility index (Phi) is 5.76. The molecule has 1 aliphatic rings. The van der Waals surface area contributed by atoms with Crippen molar-refractivity contribution in [3.63, 3.8) is 0 Å². The van der Waals surface area contributed by atoms with Crippen LogP contribution in [0.15, 0.2) is 24.3 Å². The first-order valence-electron chi connectivity index (χ1n) is 7.13. The fourth-order valence-electron chi connectivity index (χ4n) is 2.95. The first-order chi connectivity index (χ1) is 9.36. The Morgan fingerprint density at radius 1 is 1.38 bits per heavy atom. The third-order valence-electron chi connectivity index (χ3n) is 4.36. The highest BCUT2D eigenvalue weighted by Crippen LogP contribution is 2.31. The Morgan fingerprint density at radius 2 is 1.95 bits per heavy atom. The highest BCUT2D eigenvalue weighted by Gasteiger charge is 2.39. The Labute approximate surface area is 132 Å². The van der Waals surface area contributed by atoms with Crippen LogP contribution < -0.4 is 5.73 Å². The van der Waals surface area contributed by atoms with Gasteiger partial charge in [-0.1, -0.05) is 12.1 Å². The van der Waals surface area contributed by atoms with Crippen molar-refractivity contribution in [2.75, 3.05) is 13.1 Å². The third kappa shape index (κ3) is 3.55. The van der Waals surface area contributed by atoms with Crippen LogP contribution in [0.25, 0.3) is 0 Å². The van der Waals surface area contributed by atoms with Crippen LogP contribution in [0.3, 0.4) is 0 Å². The molecule has 0 aliphatic carbocycles. The Morgan fingerprint density at radius 3 is 2.43 bits per heavy atom. The Bertz CT molecular complexity index is 490.